The molecule has 0 aliphatic carbocycles. The molecule has 1 fully saturated rings. The SMILES string of the molecule is C=CC[C@@]1(C)C(=O)N(C(=O)c2ccc(OC)cc2)CCN1C(=O)OC(C)(C)C. The highest BCUT2D eigenvalue weighted by Crippen LogP contribution is 2.30. The van der Waals surface area contributed by atoms with Gasteiger partial charge in [0.1, 0.15) is 16.9 Å². The van der Waals surface area contributed by atoms with Crippen LogP contribution in [0.4, 0.5) is 4.79 Å². The molecular weight excluding hydrogens is 360 g/mol. The molecule has 2 rings (SSSR count). The lowest BCUT2D eigenvalue weighted by atomic mass is 9.91. The highest BCUT2D eigenvalue weighted by molar-refractivity contribution is 6.08. The Kier molecular flexibility index (Phi) is 6.17. The van der Waals surface area contributed by atoms with Crippen LogP contribution >= 0.6 is 0 Å². The van der Waals surface area contributed by atoms with E-state index in [-0.39, 0.29) is 19.5 Å². The Hall–Kier alpha value is -2.83. The minimum atomic E-state index is -1.25. The number of ether oxygens (including phenoxy) is 2. The van der Waals surface area contributed by atoms with Crippen molar-refractivity contribution in [2.45, 2.75) is 45.3 Å². The third kappa shape index (κ3) is 4.35. The number of hydrogen-bond acceptors (Lipinski definition) is 5. The summed E-state index contributed by atoms with van der Waals surface area (Å²) in [5, 5.41) is 0. The molecule has 0 radical (unpaired) electrons. The van der Waals surface area contributed by atoms with E-state index >= 15 is 0 Å². The molecule has 1 aromatic rings. The molecular formula is C21H28N2O5. The van der Waals surface area contributed by atoms with E-state index in [1.165, 1.54) is 16.9 Å². The van der Waals surface area contributed by atoms with Crippen molar-refractivity contribution < 1.29 is 23.9 Å². The second-order valence-electron chi connectivity index (χ2n) is 7.89. The van der Waals surface area contributed by atoms with E-state index in [0.717, 1.165) is 0 Å². The normalized spacial score (nSPS) is 20.0. The fraction of sp³-hybridized carbons (Fsp3) is 0.476. The topological polar surface area (TPSA) is 76.2 Å². The molecule has 28 heavy (non-hydrogen) atoms. The average Bonchev–Trinajstić information content (AvgIpc) is 2.62. The number of rotatable bonds is 4. The Morgan fingerprint density at radius 3 is 2.32 bits per heavy atom. The number of methoxy groups -OCH3 is 1. The predicted molar refractivity (Wildman–Crippen MR) is 105 cm³/mol. The summed E-state index contributed by atoms with van der Waals surface area (Å²) in [5.41, 5.74) is -1.56. The maximum absolute atomic E-state index is 13.2. The first-order valence-corrected chi connectivity index (χ1v) is 9.15. The summed E-state index contributed by atoms with van der Waals surface area (Å²) in [6.45, 7) is 10.9. The van der Waals surface area contributed by atoms with Crippen LogP contribution in [0.15, 0.2) is 36.9 Å². The van der Waals surface area contributed by atoms with Gasteiger partial charge in [0.25, 0.3) is 11.8 Å². The van der Waals surface area contributed by atoms with E-state index < -0.39 is 29.0 Å². The van der Waals surface area contributed by atoms with Gasteiger partial charge in [-0.25, -0.2) is 4.79 Å². The van der Waals surface area contributed by atoms with Crippen LogP contribution in [0, 0.1) is 0 Å². The third-order valence-corrected chi connectivity index (χ3v) is 4.59. The summed E-state index contributed by atoms with van der Waals surface area (Å²) in [6.07, 6.45) is 1.19. The van der Waals surface area contributed by atoms with Gasteiger partial charge in [0.15, 0.2) is 0 Å². The van der Waals surface area contributed by atoms with E-state index in [1.807, 2.05) is 0 Å². The van der Waals surface area contributed by atoms with Crippen molar-refractivity contribution in [3.63, 3.8) is 0 Å². The monoisotopic (exact) mass is 388 g/mol. The van der Waals surface area contributed by atoms with Crippen molar-refractivity contribution in [2.24, 2.45) is 0 Å². The molecule has 1 aliphatic rings. The Bertz CT molecular complexity index is 766. The highest BCUT2D eigenvalue weighted by atomic mass is 16.6. The number of benzene rings is 1. The lowest BCUT2D eigenvalue weighted by Gasteiger charge is -2.46. The van der Waals surface area contributed by atoms with Crippen LogP contribution in [-0.4, -0.2) is 59.0 Å². The van der Waals surface area contributed by atoms with Crippen molar-refractivity contribution in [1.29, 1.82) is 0 Å². The van der Waals surface area contributed by atoms with Gasteiger partial charge in [-0.1, -0.05) is 6.08 Å². The van der Waals surface area contributed by atoms with E-state index in [0.29, 0.717) is 11.3 Å². The average molecular weight is 388 g/mol. The number of nitrogens with zero attached hydrogens (tertiary/aromatic N) is 2. The lowest BCUT2D eigenvalue weighted by Crippen LogP contribution is -2.67. The summed E-state index contributed by atoms with van der Waals surface area (Å²) >= 11 is 0. The van der Waals surface area contributed by atoms with Crippen molar-refractivity contribution in [1.82, 2.24) is 9.80 Å². The fourth-order valence-electron chi connectivity index (χ4n) is 3.13. The molecule has 1 aromatic carbocycles. The molecule has 1 atom stereocenters. The zero-order valence-corrected chi connectivity index (χ0v) is 17.2. The molecule has 3 amide bonds. The van der Waals surface area contributed by atoms with Gasteiger partial charge in [-0.15, -0.1) is 6.58 Å². The zero-order chi connectivity index (χ0) is 21.1. The molecule has 0 spiro atoms. The first-order valence-electron chi connectivity index (χ1n) is 9.15. The Morgan fingerprint density at radius 1 is 1.21 bits per heavy atom. The van der Waals surface area contributed by atoms with Gasteiger partial charge in [0.2, 0.25) is 0 Å². The number of carbonyl (C=O) groups excluding carboxylic acids is 3. The molecule has 0 bridgehead atoms. The number of hydrogen-bond donors (Lipinski definition) is 0. The van der Waals surface area contributed by atoms with Gasteiger partial charge >= 0.3 is 6.09 Å². The third-order valence-electron chi connectivity index (χ3n) is 4.59. The fourth-order valence-corrected chi connectivity index (χ4v) is 3.13. The Labute approximate surface area is 165 Å². The quantitative estimate of drug-likeness (QED) is 0.585. The number of carbonyl (C=O) groups is 3. The van der Waals surface area contributed by atoms with Crippen LogP contribution < -0.4 is 4.74 Å². The largest absolute Gasteiger partial charge is 0.497 e. The summed E-state index contributed by atoms with van der Waals surface area (Å²) in [4.78, 5) is 41.4. The maximum atomic E-state index is 13.2. The van der Waals surface area contributed by atoms with Crippen LogP contribution in [-0.2, 0) is 9.53 Å². The standard InChI is InChI=1S/C21H28N2O5/c1-7-12-21(5)18(25)22(13-14-23(21)19(26)28-20(2,3)4)17(24)15-8-10-16(27-6)11-9-15/h7-11H,1,12-14H2,2-6H3/t21-/m0/s1. The van der Waals surface area contributed by atoms with Gasteiger partial charge in [-0.3, -0.25) is 19.4 Å². The van der Waals surface area contributed by atoms with Gasteiger partial charge in [0, 0.05) is 18.7 Å². The number of amides is 3. The molecule has 0 saturated carbocycles. The summed E-state index contributed by atoms with van der Waals surface area (Å²) in [7, 11) is 1.54. The molecule has 0 unspecified atom stereocenters. The van der Waals surface area contributed by atoms with Crippen LogP contribution in [0.3, 0.4) is 0 Å². The first kappa shape index (κ1) is 21.5. The number of piperazine rings is 1. The van der Waals surface area contributed by atoms with E-state index in [9.17, 15) is 14.4 Å². The summed E-state index contributed by atoms with van der Waals surface area (Å²) in [6, 6.07) is 6.55. The number of imide groups is 1. The van der Waals surface area contributed by atoms with E-state index in [1.54, 1.807) is 58.0 Å². The van der Waals surface area contributed by atoms with Crippen LogP contribution in [0.25, 0.3) is 0 Å². The Morgan fingerprint density at radius 2 is 1.82 bits per heavy atom. The van der Waals surface area contributed by atoms with Gasteiger partial charge < -0.3 is 9.47 Å². The van der Waals surface area contributed by atoms with Crippen molar-refractivity contribution >= 4 is 17.9 Å². The molecule has 1 aliphatic heterocycles. The maximum Gasteiger partial charge on any atom is 0.411 e. The van der Waals surface area contributed by atoms with Crippen LogP contribution in [0.2, 0.25) is 0 Å². The molecule has 1 heterocycles. The second kappa shape index (κ2) is 8.04. The van der Waals surface area contributed by atoms with Crippen LogP contribution in [0.1, 0.15) is 44.5 Å². The summed E-state index contributed by atoms with van der Waals surface area (Å²) < 4.78 is 10.6. The molecule has 7 nitrogen and oxygen atoms in total. The first-order chi connectivity index (χ1) is 13.0. The minimum absolute atomic E-state index is 0.0929. The second-order valence-corrected chi connectivity index (χ2v) is 7.89. The Balaban J connectivity index is 2.29. The smallest absolute Gasteiger partial charge is 0.411 e. The van der Waals surface area contributed by atoms with E-state index in [4.69, 9.17) is 9.47 Å². The lowest BCUT2D eigenvalue weighted by molar-refractivity contribution is -0.145. The van der Waals surface area contributed by atoms with Crippen molar-refractivity contribution in [3.05, 3.63) is 42.5 Å². The highest BCUT2D eigenvalue weighted by Gasteiger charge is 2.50. The van der Waals surface area contributed by atoms with Crippen molar-refractivity contribution in [3.8, 4) is 5.75 Å². The van der Waals surface area contributed by atoms with Crippen molar-refractivity contribution in [2.75, 3.05) is 20.2 Å². The summed E-state index contributed by atoms with van der Waals surface area (Å²) in [5.74, 6) is -0.244. The molecule has 152 valence electrons. The van der Waals surface area contributed by atoms with Gasteiger partial charge in [-0.2, -0.15) is 0 Å². The van der Waals surface area contributed by atoms with Crippen LogP contribution in [0.5, 0.6) is 5.75 Å². The molecule has 0 N–H and O–H groups in total. The molecule has 7 heteroatoms. The van der Waals surface area contributed by atoms with Gasteiger partial charge in [0.05, 0.1) is 7.11 Å². The predicted octanol–water partition coefficient (Wildman–Crippen LogP) is 3.25. The minimum Gasteiger partial charge on any atom is -0.497 e. The van der Waals surface area contributed by atoms with E-state index in [2.05, 4.69) is 6.58 Å². The molecule has 0 aromatic heterocycles. The molecule has 1 saturated heterocycles. The van der Waals surface area contributed by atoms with Gasteiger partial charge in [-0.05, 0) is 58.4 Å². The zero-order valence-electron chi connectivity index (χ0n) is 17.2.